The zero-order valence-corrected chi connectivity index (χ0v) is 17.0. The number of pyridine rings is 2. The maximum atomic E-state index is 8.40. The smallest absolute Gasteiger partial charge is 0.132 e. The van der Waals surface area contributed by atoms with Gasteiger partial charge in [0.25, 0.3) is 0 Å². The van der Waals surface area contributed by atoms with E-state index in [0.717, 1.165) is 28.4 Å². The summed E-state index contributed by atoms with van der Waals surface area (Å²) in [4.78, 5) is 8.09. The van der Waals surface area contributed by atoms with Crippen molar-refractivity contribution in [2.45, 2.75) is 6.54 Å². The lowest BCUT2D eigenvalue weighted by atomic mass is 9.99. The van der Waals surface area contributed by atoms with E-state index >= 15 is 0 Å². The van der Waals surface area contributed by atoms with Crippen molar-refractivity contribution in [3.8, 4) is 0 Å². The second kappa shape index (κ2) is 10.1. The molecule has 0 spiro atoms. The number of benzene rings is 2. The van der Waals surface area contributed by atoms with E-state index in [0.29, 0.717) is 17.1 Å². The molecule has 2 heterocycles. The van der Waals surface area contributed by atoms with Crippen molar-refractivity contribution < 1.29 is 0 Å². The highest BCUT2D eigenvalue weighted by atomic mass is 14.8. The van der Waals surface area contributed by atoms with Gasteiger partial charge in [-0.3, -0.25) is 10.4 Å². The Morgan fingerprint density at radius 1 is 1.07 bits per heavy atom. The maximum Gasteiger partial charge on any atom is 0.132 e. The van der Waals surface area contributed by atoms with Crippen LogP contribution in [0.15, 0.2) is 85.8 Å². The highest BCUT2D eigenvalue weighted by Crippen LogP contribution is 2.21. The lowest BCUT2D eigenvalue weighted by molar-refractivity contribution is 0.813. The molecule has 0 saturated carbocycles. The highest BCUT2D eigenvalue weighted by molar-refractivity contribution is 6.14. The van der Waals surface area contributed by atoms with Crippen LogP contribution in [0.3, 0.4) is 0 Å². The van der Waals surface area contributed by atoms with Gasteiger partial charge in [0, 0.05) is 36.3 Å². The van der Waals surface area contributed by atoms with Gasteiger partial charge in [-0.1, -0.05) is 55.1 Å². The van der Waals surface area contributed by atoms with E-state index in [1.165, 1.54) is 5.56 Å². The first kappa shape index (κ1) is 20.9. The van der Waals surface area contributed by atoms with Crippen LogP contribution in [0.2, 0.25) is 0 Å². The molecule has 0 bridgehead atoms. The molecule has 5 heteroatoms. The Bertz CT molecular complexity index is 1150. The molecule has 4 N–H and O–H groups in total. The summed E-state index contributed by atoms with van der Waals surface area (Å²) in [5.41, 5.74) is 9.80. The maximum absolute atomic E-state index is 8.40. The van der Waals surface area contributed by atoms with Gasteiger partial charge in [0.1, 0.15) is 5.82 Å². The van der Waals surface area contributed by atoms with Gasteiger partial charge in [-0.25, -0.2) is 4.98 Å². The minimum Gasteiger partial charge on any atom is -0.383 e. The lowest BCUT2D eigenvalue weighted by Crippen LogP contribution is -2.07. The summed E-state index contributed by atoms with van der Waals surface area (Å²) in [6.45, 7) is 4.62. The third-order valence-corrected chi connectivity index (χ3v) is 4.59. The molecule has 0 saturated heterocycles. The minimum absolute atomic E-state index is 0.360. The van der Waals surface area contributed by atoms with Gasteiger partial charge >= 0.3 is 0 Å². The van der Waals surface area contributed by atoms with Gasteiger partial charge in [0.15, 0.2) is 0 Å². The molecule has 5 nitrogen and oxygen atoms in total. The summed E-state index contributed by atoms with van der Waals surface area (Å²) in [7, 11) is 1.92. The van der Waals surface area contributed by atoms with Crippen molar-refractivity contribution in [3.63, 3.8) is 0 Å². The fraction of sp³-hybridized carbons (Fsp3) is 0.0800. The van der Waals surface area contributed by atoms with E-state index < -0.39 is 0 Å². The molecule has 0 aliphatic carbocycles. The highest BCUT2D eigenvalue weighted by Gasteiger charge is 2.10. The first-order chi connectivity index (χ1) is 14.6. The number of aromatic nitrogens is 2. The van der Waals surface area contributed by atoms with Gasteiger partial charge in [0.05, 0.1) is 5.71 Å². The van der Waals surface area contributed by atoms with Gasteiger partial charge in [-0.05, 0) is 47.1 Å². The van der Waals surface area contributed by atoms with Crippen molar-refractivity contribution in [1.82, 2.24) is 15.3 Å². The molecular weight excluding hydrogens is 370 g/mol. The van der Waals surface area contributed by atoms with E-state index in [4.69, 9.17) is 11.1 Å². The fourth-order valence-electron chi connectivity index (χ4n) is 3.01. The van der Waals surface area contributed by atoms with Crippen molar-refractivity contribution in [3.05, 3.63) is 108 Å². The number of rotatable bonds is 5. The Balaban J connectivity index is 0.000000239. The summed E-state index contributed by atoms with van der Waals surface area (Å²) in [5.74, 6) is 0.360. The van der Waals surface area contributed by atoms with Gasteiger partial charge in [-0.15, -0.1) is 0 Å². The molecular formula is C25H25N5. The molecule has 0 unspecified atom stereocenters. The Morgan fingerprint density at radius 2 is 1.87 bits per heavy atom. The van der Waals surface area contributed by atoms with E-state index in [2.05, 4.69) is 27.9 Å². The Kier molecular flexibility index (Phi) is 7.03. The molecule has 0 amide bonds. The van der Waals surface area contributed by atoms with Crippen molar-refractivity contribution in [2.75, 3.05) is 12.8 Å². The predicted molar refractivity (Wildman–Crippen MR) is 126 cm³/mol. The van der Waals surface area contributed by atoms with Crippen molar-refractivity contribution in [2.24, 2.45) is 0 Å². The minimum atomic E-state index is 0.360. The van der Waals surface area contributed by atoms with Crippen LogP contribution in [0, 0.1) is 5.41 Å². The quantitative estimate of drug-likeness (QED) is 0.428. The molecule has 4 rings (SSSR count). The van der Waals surface area contributed by atoms with Crippen LogP contribution in [0.25, 0.3) is 16.8 Å². The third kappa shape index (κ3) is 5.16. The van der Waals surface area contributed by atoms with Gasteiger partial charge in [0.2, 0.25) is 0 Å². The van der Waals surface area contributed by atoms with Crippen LogP contribution in [-0.4, -0.2) is 22.7 Å². The number of hydrogen-bond acceptors (Lipinski definition) is 5. The molecule has 0 aliphatic heterocycles. The number of anilines is 1. The van der Waals surface area contributed by atoms with E-state index in [1.54, 1.807) is 18.5 Å². The van der Waals surface area contributed by atoms with E-state index in [1.807, 2.05) is 67.8 Å². The lowest BCUT2D eigenvalue weighted by Gasteiger charge is -2.09. The van der Waals surface area contributed by atoms with Crippen LogP contribution in [-0.2, 0) is 6.54 Å². The Hall–Kier alpha value is -3.83. The van der Waals surface area contributed by atoms with Crippen molar-refractivity contribution >= 4 is 28.4 Å². The molecule has 4 aromatic rings. The molecule has 0 fully saturated rings. The SMILES string of the molecule is C=Cc1cnc(N)c(C(=N)c2ccc3ccccc3c2)c1.CNCc1cccnc1. The summed E-state index contributed by atoms with van der Waals surface area (Å²) < 4.78 is 0. The second-order valence-electron chi connectivity index (χ2n) is 6.73. The molecule has 150 valence electrons. The first-order valence-corrected chi connectivity index (χ1v) is 9.62. The van der Waals surface area contributed by atoms with E-state index in [9.17, 15) is 0 Å². The number of fused-ring (bicyclic) bond motifs is 1. The van der Waals surface area contributed by atoms with Crippen LogP contribution >= 0.6 is 0 Å². The van der Waals surface area contributed by atoms with Gasteiger partial charge in [-0.2, -0.15) is 0 Å². The molecule has 0 aliphatic rings. The van der Waals surface area contributed by atoms with Crippen LogP contribution in [0.4, 0.5) is 5.82 Å². The number of nitrogens with two attached hydrogens (primary N) is 1. The second-order valence-corrected chi connectivity index (χ2v) is 6.73. The number of nitrogens with zero attached hydrogens (tertiary/aromatic N) is 2. The zero-order valence-electron chi connectivity index (χ0n) is 17.0. The Morgan fingerprint density at radius 3 is 2.57 bits per heavy atom. The molecule has 30 heavy (non-hydrogen) atoms. The first-order valence-electron chi connectivity index (χ1n) is 9.62. The van der Waals surface area contributed by atoms with Gasteiger partial charge < -0.3 is 11.1 Å². The molecule has 0 radical (unpaired) electrons. The topological polar surface area (TPSA) is 87.7 Å². The summed E-state index contributed by atoms with van der Waals surface area (Å²) >= 11 is 0. The summed E-state index contributed by atoms with van der Waals surface area (Å²) in [5, 5.41) is 13.7. The number of nitrogen functional groups attached to an aromatic ring is 1. The third-order valence-electron chi connectivity index (χ3n) is 4.59. The summed E-state index contributed by atoms with van der Waals surface area (Å²) in [6, 6.07) is 19.9. The summed E-state index contributed by atoms with van der Waals surface area (Å²) in [6.07, 6.45) is 6.98. The zero-order chi connectivity index (χ0) is 21.3. The van der Waals surface area contributed by atoms with Crippen molar-refractivity contribution in [1.29, 1.82) is 5.41 Å². The normalized spacial score (nSPS) is 10.2. The average Bonchev–Trinajstić information content (AvgIpc) is 2.80. The van der Waals surface area contributed by atoms with Crippen LogP contribution in [0.1, 0.15) is 22.3 Å². The van der Waals surface area contributed by atoms with Crippen LogP contribution < -0.4 is 11.1 Å². The fourth-order valence-corrected chi connectivity index (χ4v) is 3.01. The largest absolute Gasteiger partial charge is 0.383 e. The predicted octanol–water partition coefficient (Wildman–Crippen LogP) is 4.68. The van der Waals surface area contributed by atoms with E-state index in [-0.39, 0.29) is 0 Å². The monoisotopic (exact) mass is 395 g/mol. The molecule has 2 aromatic carbocycles. The average molecular weight is 396 g/mol. The molecule has 0 atom stereocenters. The number of nitrogens with one attached hydrogen (secondary N) is 2. The van der Waals surface area contributed by atoms with Crippen LogP contribution in [0.5, 0.6) is 0 Å². The Labute approximate surface area is 176 Å². The molecule has 2 aromatic heterocycles. The number of hydrogen-bond donors (Lipinski definition) is 3. The standard InChI is InChI=1S/C18H15N3.C7H10N2/c1-2-12-9-16(18(20)21-11-12)17(19)15-8-7-13-5-3-4-6-14(13)10-15;1-8-5-7-3-2-4-9-6-7/h2-11,19H,1H2,(H2,20,21);2-4,6,8H,5H2,1H3.